The zero-order valence-corrected chi connectivity index (χ0v) is 9.63. The van der Waals surface area contributed by atoms with Crippen molar-refractivity contribution in [1.29, 1.82) is 0 Å². The third-order valence-corrected chi connectivity index (χ3v) is 2.40. The predicted molar refractivity (Wildman–Crippen MR) is 61.2 cm³/mol. The summed E-state index contributed by atoms with van der Waals surface area (Å²) in [6.45, 7) is 3.25. The largest absolute Gasteiger partial charge is 0.349 e. The Kier molecular flexibility index (Phi) is 4.49. The van der Waals surface area contributed by atoms with Gasteiger partial charge in [-0.1, -0.05) is 34.6 Å². The number of halogens is 2. The van der Waals surface area contributed by atoms with Gasteiger partial charge in [0.1, 0.15) is 6.17 Å². The molecule has 1 aromatic rings. The molecule has 1 rings (SSSR count). The molecule has 4 heteroatoms. The molecule has 80 valence electrons. The molecule has 0 bridgehead atoms. The topological polar surface area (TPSA) is 29.1 Å². The van der Waals surface area contributed by atoms with Gasteiger partial charge in [-0.25, -0.2) is 4.39 Å². The Balaban J connectivity index is 2.53. The highest BCUT2D eigenvalue weighted by atomic mass is 79.9. The molecular formula is C11H11BrFNO. The van der Waals surface area contributed by atoms with E-state index in [2.05, 4.69) is 27.8 Å². The van der Waals surface area contributed by atoms with Crippen molar-refractivity contribution in [2.75, 3.05) is 6.54 Å². The summed E-state index contributed by atoms with van der Waals surface area (Å²) in [5.74, 6) is -0.366. The minimum absolute atomic E-state index is 0.0352. The first-order valence-corrected chi connectivity index (χ1v) is 5.22. The van der Waals surface area contributed by atoms with Crippen LogP contribution in [0.3, 0.4) is 0 Å². The molecule has 15 heavy (non-hydrogen) atoms. The van der Waals surface area contributed by atoms with E-state index in [0.717, 1.165) is 10.5 Å². The van der Waals surface area contributed by atoms with Crippen LogP contribution in [0, 0.1) is 0 Å². The Hall–Kier alpha value is -1.16. The molecule has 0 fully saturated rings. The number of rotatable bonds is 4. The molecule has 1 amide bonds. The number of carbonyl (C=O) groups is 1. The summed E-state index contributed by atoms with van der Waals surface area (Å²) in [5, 5.41) is 2.40. The third kappa shape index (κ3) is 3.83. The van der Waals surface area contributed by atoms with E-state index in [4.69, 9.17) is 0 Å². The van der Waals surface area contributed by atoms with E-state index in [1.54, 1.807) is 24.3 Å². The fraction of sp³-hybridized carbons (Fsp3) is 0.182. The smallest absolute Gasteiger partial charge is 0.243 e. The van der Waals surface area contributed by atoms with Gasteiger partial charge in [0.2, 0.25) is 5.91 Å². The maximum absolute atomic E-state index is 13.5. The van der Waals surface area contributed by atoms with Gasteiger partial charge in [-0.2, -0.15) is 0 Å². The van der Waals surface area contributed by atoms with E-state index in [0.29, 0.717) is 5.56 Å². The fourth-order valence-electron chi connectivity index (χ4n) is 1.05. The number of benzene rings is 1. The minimum atomic E-state index is -1.19. The van der Waals surface area contributed by atoms with E-state index >= 15 is 0 Å². The summed E-state index contributed by atoms with van der Waals surface area (Å²) >= 11 is 3.26. The third-order valence-electron chi connectivity index (χ3n) is 1.87. The van der Waals surface area contributed by atoms with E-state index in [9.17, 15) is 9.18 Å². The summed E-state index contributed by atoms with van der Waals surface area (Å²) in [5.41, 5.74) is 0.544. The molecular weight excluding hydrogens is 261 g/mol. The number of nitrogens with one attached hydrogen (secondary N) is 1. The Bertz CT molecular complexity index is 350. The molecule has 1 unspecified atom stereocenters. The molecule has 1 atom stereocenters. The normalized spacial score (nSPS) is 11.9. The van der Waals surface area contributed by atoms with E-state index in [1.165, 1.54) is 0 Å². The van der Waals surface area contributed by atoms with Crippen molar-refractivity contribution in [1.82, 2.24) is 5.32 Å². The molecule has 0 heterocycles. The predicted octanol–water partition coefficient (Wildman–Crippen LogP) is 2.76. The highest BCUT2D eigenvalue weighted by Crippen LogP contribution is 2.19. The van der Waals surface area contributed by atoms with Crippen molar-refractivity contribution < 1.29 is 9.18 Å². The zero-order valence-electron chi connectivity index (χ0n) is 8.04. The van der Waals surface area contributed by atoms with Gasteiger partial charge >= 0.3 is 0 Å². The average Bonchev–Trinajstić information content (AvgIpc) is 2.26. The van der Waals surface area contributed by atoms with Gasteiger partial charge in [-0.3, -0.25) is 4.79 Å². The number of amides is 1. The van der Waals surface area contributed by atoms with Crippen molar-refractivity contribution in [2.45, 2.75) is 6.17 Å². The van der Waals surface area contributed by atoms with Crippen molar-refractivity contribution in [3.63, 3.8) is 0 Å². The number of hydrogen-bond donors (Lipinski definition) is 1. The van der Waals surface area contributed by atoms with Crippen LogP contribution < -0.4 is 5.32 Å². The summed E-state index contributed by atoms with van der Waals surface area (Å²) in [4.78, 5) is 10.8. The van der Waals surface area contributed by atoms with Crippen LogP contribution in [0.5, 0.6) is 0 Å². The molecule has 0 saturated heterocycles. The lowest BCUT2D eigenvalue weighted by Crippen LogP contribution is -2.24. The van der Waals surface area contributed by atoms with Crippen LogP contribution in [-0.4, -0.2) is 12.5 Å². The van der Waals surface area contributed by atoms with Crippen LogP contribution in [0.4, 0.5) is 4.39 Å². The molecule has 1 N–H and O–H groups in total. The van der Waals surface area contributed by atoms with Gasteiger partial charge < -0.3 is 5.32 Å². The standard InChI is InChI=1S/C11H11BrFNO/c1-2-11(15)14-7-10(13)8-3-5-9(12)6-4-8/h2-6,10H,1,7H2,(H,14,15). The van der Waals surface area contributed by atoms with Crippen LogP contribution in [0.25, 0.3) is 0 Å². The summed E-state index contributed by atoms with van der Waals surface area (Å²) in [7, 11) is 0. The van der Waals surface area contributed by atoms with Crippen molar-refractivity contribution >= 4 is 21.8 Å². The monoisotopic (exact) mass is 271 g/mol. The van der Waals surface area contributed by atoms with E-state index in [-0.39, 0.29) is 12.5 Å². The molecule has 1 aromatic carbocycles. The molecule has 0 aromatic heterocycles. The van der Waals surface area contributed by atoms with Crippen LogP contribution in [-0.2, 0) is 4.79 Å². The van der Waals surface area contributed by atoms with Crippen LogP contribution in [0.2, 0.25) is 0 Å². The van der Waals surface area contributed by atoms with Gasteiger partial charge in [0.05, 0.1) is 6.54 Å². The Labute approximate surface area is 96.3 Å². The van der Waals surface area contributed by atoms with E-state index < -0.39 is 6.17 Å². The highest BCUT2D eigenvalue weighted by Gasteiger charge is 2.09. The van der Waals surface area contributed by atoms with Gasteiger partial charge in [-0.15, -0.1) is 0 Å². The fourth-order valence-corrected chi connectivity index (χ4v) is 1.32. The van der Waals surface area contributed by atoms with Gasteiger partial charge in [0, 0.05) is 4.47 Å². The molecule has 0 aliphatic carbocycles. The van der Waals surface area contributed by atoms with Crippen molar-refractivity contribution in [3.05, 3.63) is 47.0 Å². The summed E-state index contributed by atoms with van der Waals surface area (Å²) in [6.07, 6.45) is -0.0732. The minimum Gasteiger partial charge on any atom is -0.349 e. The lowest BCUT2D eigenvalue weighted by molar-refractivity contribution is -0.116. The van der Waals surface area contributed by atoms with Gasteiger partial charge in [-0.05, 0) is 23.8 Å². The van der Waals surface area contributed by atoms with Crippen molar-refractivity contribution in [2.24, 2.45) is 0 Å². The second-order valence-electron chi connectivity index (χ2n) is 2.97. The first-order chi connectivity index (χ1) is 7.13. The molecule has 0 aliphatic heterocycles. The number of alkyl halides is 1. The van der Waals surface area contributed by atoms with Crippen LogP contribution in [0.1, 0.15) is 11.7 Å². The van der Waals surface area contributed by atoms with Gasteiger partial charge in [0.25, 0.3) is 0 Å². The van der Waals surface area contributed by atoms with Crippen LogP contribution >= 0.6 is 15.9 Å². The maximum atomic E-state index is 13.5. The highest BCUT2D eigenvalue weighted by molar-refractivity contribution is 9.10. The quantitative estimate of drug-likeness (QED) is 0.839. The lowest BCUT2D eigenvalue weighted by atomic mass is 10.1. The number of carbonyl (C=O) groups excluding carboxylic acids is 1. The van der Waals surface area contributed by atoms with Gasteiger partial charge in [0.15, 0.2) is 0 Å². The number of hydrogen-bond acceptors (Lipinski definition) is 1. The second kappa shape index (κ2) is 5.66. The average molecular weight is 272 g/mol. The molecule has 0 spiro atoms. The molecule has 0 radical (unpaired) electrons. The summed E-state index contributed by atoms with van der Waals surface area (Å²) in [6, 6.07) is 6.87. The molecule has 0 saturated carbocycles. The lowest BCUT2D eigenvalue weighted by Gasteiger charge is -2.08. The first kappa shape index (κ1) is 11.9. The van der Waals surface area contributed by atoms with E-state index in [1.807, 2.05) is 0 Å². The Morgan fingerprint density at radius 2 is 2.13 bits per heavy atom. The molecule has 2 nitrogen and oxygen atoms in total. The second-order valence-corrected chi connectivity index (χ2v) is 3.88. The molecule has 0 aliphatic rings. The van der Waals surface area contributed by atoms with Crippen LogP contribution in [0.15, 0.2) is 41.4 Å². The zero-order chi connectivity index (χ0) is 11.3. The SMILES string of the molecule is C=CC(=O)NCC(F)c1ccc(Br)cc1. The Morgan fingerprint density at radius 1 is 1.53 bits per heavy atom. The Morgan fingerprint density at radius 3 is 2.67 bits per heavy atom. The first-order valence-electron chi connectivity index (χ1n) is 4.43. The van der Waals surface area contributed by atoms with Crippen molar-refractivity contribution in [3.8, 4) is 0 Å². The summed E-state index contributed by atoms with van der Waals surface area (Å²) < 4.78 is 14.4. The maximum Gasteiger partial charge on any atom is 0.243 e.